The van der Waals surface area contributed by atoms with Crippen LogP contribution < -0.4 is 5.32 Å². The number of rotatable bonds is 5. The van der Waals surface area contributed by atoms with Crippen molar-refractivity contribution in [2.45, 2.75) is 31.1 Å². The molecule has 1 amide bonds. The Kier molecular flexibility index (Phi) is 6.07. The van der Waals surface area contributed by atoms with Gasteiger partial charge < -0.3 is 10.1 Å². The standard InChI is InChI=1S/C15H21NO3S/c1-15(2,3)11-5-7-12(8-6-11)20-10-13(17)16-9-14(18)19-4/h5-8H,9-10H2,1-4H3,(H,16,17). The number of benzene rings is 1. The van der Waals surface area contributed by atoms with Gasteiger partial charge in [0.25, 0.3) is 0 Å². The molecule has 1 aromatic rings. The molecule has 0 unspecified atom stereocenters. The van der Waals surface area contributed by atoms with Gasteiger partial charge in [0.15, 0.2) is 0 Å². The summed E-state index contributed by atoms with van der Waals surface area (Å²) in [6.45, 7) is 6.40. The Hall–Kier alpha value is -1.49. The molecule has 110 valence electrons. The normalized spacial score (nSPS) is 11.0. The minimum Gasteiger partial charge on any atom is -0.468 e. The second-order valence-corrected chi connectivity index (χ2v) is 6.46. The van der Waals surface area contributed by atoms with Gasteiger partial charge in [0.2, 0.25) is 5.91 Å². The van der Waals surface area contributed by atoms with Gasteiger partial charge in [-0.05, 0) is 23.1 Å². The first-order valence-corrected chi connectivity index (χ1v) is 7.38. The first kappa shape index (κ1) is 16.6. The highest BCUT2D eigenvalue weighted by molar-refractivity contribution is 8.00. The van der Waals surface area contributed by atoms with Crippen molar-refractivity contribution in [1.29, 1.82) is 0 Å². The highest BCUT2D eigenvalue weighted by Gasteiger charge is 2.13. The van der Waals surface area contributed by atoms with E-state index in [-0.39, 0.29) is 23.6 Å². The lowest BCUT2D eigenvalue weighted by molar-refractivity contribution is -0.140. The van der Waals surface area contributed by atoms with Crippen molar-refractivity contribution in [2.24, 2.45) is 0 Å². The van der Waals surface area contributed by atoms with E-state index in [2.05, 4.69) is 43.0 Å². The first-order valence-electron chi connectivity index (χ1n) is 6.40. The molecule has 1 aromatic carbocycles. The molecule has 0 heterocycles. The molecule has 0 aliphatic rings. The van der Waals surface area contributed by atoms with Crippen LogP contribution in [0.5, 0.6) is 0 Å². The van der Waals surface area contributed by atoms with Gasteiger partial charge in [-0.2, -0.15) is 0 Å². The van der Waals surface area contributed by atoms with Crippen LogP contribution in [0.1, 0.15) is 26.3 Å². The Morgan fingerprint density at radius 2 is 1.80 bits per heavy atom. The van der Waals surface area contributed by atoms with Crippen LogP contribution in [0.2, 0.25) is 0 Å². The zero-order valence-corrected chi connectivity index (χ0v) is 13.2. The molecular formula is C15H21NO3S. The van der Waals surface area contributed by atoms with Crippen LogP contribution in [0.15, 0.2) is 29.2 Å². The van der Waals surface area contributed by atoms with Crippen LogP contribution in [-0.2, 0) is 19.7 Å². The summed E-state index contributed by atoms with van der Waals surface area (Å²) in [7, 11) is 1.29. The lowest BCUT2D eigenvalue weighted by atomic mass is 9.87. The summed E-state index contributed by atoms with van der Waals surface area (Å²) >= 11 is 1.44. The number of amides is 1. The summed E-state index contributed by atoms with van der Waals surface area (Å²) in [5.41, 5.74) is 1.39. The SMILES string of the molecule is COC(=O)CNC(=O)CSc1ccc(C(C)(C)C)cc1. The van der Waals surface area contributed by atoms with Crippen LogP contribution in [0.3, 0.4) is 0 Å². The van der Waals surface area contributed by atoms with E-state index in [1.54, 1.807) is 0 Å². The van der Waals surface area contributed by atoms with E-state index in [0.29, 0.717) is 0 Å². The van der Waals surface area contributed by atoms with E-state index < -0.39 is 5.97 Å². The summed E-state index contributed by atoms with van der Waals surface area (Å²) in [5, 5.41) is 2.50. The van der Waals surface area contributed by atoms with Crippen molar-refractivity contribution in [3.63, 3.8) is 0 Å². The number of thioether (sulfide) groups is 1. The Balaban J connectivity index is 2.42. The number of esters is 1. The number of hydrogen-bond acceptors (Lipinski definition) is 4. The fourth-order valence-corrected chi connectivity index (χ4v) is 2.22. The summed E-state index contributed by atoms with van der Waals surface area (Å²) in [4.78, 5) is 23.4. The fraction of sp³-hybridized carbons (Fsp3) is 0.467. The van der Waals surface area contributed by atoms with Gasteiger partial charge in [-0.15, -0.1) is 11.8 Å². The maximum atomic E-state index is 11.5. The fourth-order valence-electron chi connectivity index (χ4n) is 1.49. The van der Waals surface area contributed by atoms with Crippen molar-refractivity contribution in [2.75, 3.05) is 19.4 Å². The van der Waals surface area contributed by atoms with Crippen molar-refractivity contribution < 1.29 is 14.3 Å². The van der Waals surface area contributed by atoms with Crippen LogP contribution in [0, 0.1) is 0 Å². The molecule has 4 nitrogen and oxygen atoms in total. The lowest BCUT2D eigenvalue weighted by Crippen LogP contribution is -2.31. The van der Waals surface area contributed by atoms with E-state index >= 15 is 0 Å². The maximum Gasteiger partial charge on any atom is 0.325 e. The van der Waals surface area contributed by atoms with Crippen molar-refractivity contribution in [3.05, 3.63) is 29.8 Å². The molecule has 20 heavy (non-hydrogen) atoms. The zero-order chi connectivity index (χ0) is 15.2. The molecule has 0 radical (unpaired) electrons. The predicted octanol–water partition coefficient (Wildman–Crippen LogP) is 2.37. The Bertz CT molecular complexity index is 463. The molecule has 0 saturated carbocycles. The van der Waals surface area contributed by atoms with Gasteiger partial charge in [0, 0.05) is 4.90 Å². The molecule has 0 fully saturated rings. The topological polar surface area (TPSA) is 55.4 Å². The molecule has 0 spiro atoms. The Labute approximate surface area is 124 Å². The minimum atomic E-state index is -0.446. The van der Waals surface area contributed by atoms with Gasteiger partial charge in [-0.1, -0.05) is 32.9 Å². The summed E-state index contributed by atoms with van der Waals surface area (Å²) in [6, 6.07) is 8.18. The lowest BCUT2D eigenvalue weighted by Gasteiger charge is -2.19. The monoisotopic (exact) mass is 295 g/mol. The quantitative estimate of drug-likeness (QED) is 0.669. The van der Waals surface area contributed by atoms with E-state index in [0.717, 1.165) is 4.90 Å². The average molecular weight is 295 g/mol. The van der Waals surface area contributed by atoms with Gasteiger partial charge in [0.1, 0.15) is 6.54 Å². The first-order chi connectivity index (χ1) is 9.32. The van der Waals surface area contributed by atoms with Crippen LogP contribution >= 0.6 is 11.8 Å². The molecule has 0 aromatic heterocycles. The molecular weight excluding hydrogens is 274 g/mol. The molecule has 1 N–H and O–H groups in total. The number of hydrogen-bond donors (Lipinski definition) is 1. The zero-order valence-electron chi connectivity index (χ0n) is 12.4. The van der Waals surface area contributed by atoms with Crippen LogP contribution in [-0.4, -0.2) is 31.3 Å². The summed E-state index contributed by atoms with van der Waals surface area (Å²) in [5.74, 6) is -0.343. The molecule has 0 aliphatic carbocycles. The number of ether oxygens (including phenoxy) is 1. The van der Waals surface area contributed by atoms with Crippen LogP contribution in [0.25, 0.3) is 0 Å². The third-order valence-electron chi connectivity index (χ3n) is 2.75. The molecule has 1 rings (SSSR count). The predicted molar refractivity (Wildman–Crippen MR) is 80.9 cm³/mol. The third-order valence-corrected chi connectivity index (χ3v) is 3.76. The van der Waals surface area contributed by atoms with Gasteiger partial charge in [-0.25, -0.2) is 0 Å². The number of carbonyl (C=O) groups is 2. The highest BCUT2D eigenvalue weighted by atomic mass is 32.2. The molecule has 0 saturated heterocycles. The van der Waals surface area contributed by atoms with Crippen LogP contribution in [0.4, 0.5) is 0 Å². The molecule has 0 bridgehead atoms. The number of carbonyl (C=O) groups excluding carboxylic acids is 2. The Morgan fingerprint density at radius 1 is 1.20 bits per heavy atom. The second-order valence-electron chi connectivity index (χ2n) is 5.42. The largest absolute Gasteiger partial charge is 0.468 e. The average Bonchev–Trinajstić information content (AvgIpc) is 2.41. The molecule has 5 heteroatoms. The van der Waals surface area contributed by atoms with Crippen molar-refractivity contribution in [1.82, 2.24) is 5.32 Å². The van der Waals surface area contributed by atoms with Crippen molar-refractivity contribution in [3.8, 4) is 0 Å². The smallest absolute Gasteiger partial charge is 0.325 e. The highest BCUT2D eigenvalue weighted by Crippen LogP contribution is 2.25. The van der Waals surface area contributed by atoms with E-state index in [9.17, 15) is 9.59 Å². The van der Waals surface area contributed by atoms with Gasteiger partial charge in [-0.3, -0.25) is 9.59 Å². The summed E-state index contributed by atoms with van der Waals surface area (Å²) in [6.07, 6.45) is 0. The molecule has 0 aliphatic heterocycles. The van der Waals surface area contributed by atoms with Gasteiger partial charge in [0.05, 0.1) is 12.9 Å². The van der Waals surface area contributed by atoms with Gasteiger partial charge >= 0.3 is 5.97 Å². The summed E-state index contributed by atoms with van der Waals surface area (Å²) < 4.78 is 4.45. The number of methoxy groups -OCH3 is 1. The third kappa shape index (κ3) is 5.65. The van der Waals surface area contributed by atoms with Crippen molar-refractivity contribution >= 4 is 23.6 Å². The second kappa shape index (κ2) is 7.33. The number of nitrogens with one attached hydrogen (secondary N) is 1. The molecule has 0 atom stereocenters. The minimum absolute atomic E-state index is 0.0845. The van der Waals surface area contributed by atoms with E-state index in [1.165, 1.54) is 24.4 Å². The van der Waals surface area contributed by atoms with E-state index in [1.807, 2.05) is 12.1 Å². The van der Waals surface area contributed by atoms with E-state index in [4.69, 9.17) is 0 Å². The maximum absolute atomic E-state index is 11.5. The Morgan fingerprint density at radius 3 is 2.30 bits per heavy atom.